The van der Waals surface area contributed by atoms with Crippen LogP contribution in [0.5, 0.6) is 11.6 Å². The highest BCUT2D eigenvalue weighted by Gasteiger charge is 2.25. The number of amides is 1. The number of likely N-dealkylation sites (tertiary alicyclic amines) is 1. The number of benzene rings is 1. The van der Waals surface area contributed by atoms with E-state index in [0.717, 1.165) is 44.5 Å². The van der Waals surface area contributed by atoms with Gasteiger partial charge in [-0.05, 0) is 61.1 Å². The number of pyridine rings is 1. The molecule has 2 heterocycles. The molecule has 1 fully saturated rings. The van der Waals surface area contributed by atoms with Gasteiger partial charge in [0.15, 0.2) is 11.6 Å². The lowest BCUT2D eigenvalue weighted by atomic mass is 9.93. The van der Waals surface area contributed by atoms with Gasteiger partial charge < -0.3 is 10.5 Å². The summed E-state index contributed by atoms with van der Waals surface area (Å²) in [5, 5.41) is 0. The lowest BCUT2D eigenvalue weighted by molar-refractivity contribution is 0.1000. The second kappa shape index (κ2) is 8.57. The van der Waals surface area contributed by atoms with Crippen molar-refractivity contribution in [3.63, 3.8) is 0 Å². The Balaban J connectivity index is 1.37. The van der Waals surface area contributed by atoms with Crippen molar-refractivity contribution in [3.8, 4) is 11.6 Å². The summed E-state index contributed by atoms with van der Waals surface area (Å²) in [6.45, 7) is 2.74. The maximum absolute atomic E-state index is 14.5. The van der Waals surface area contributed by atoms with Gasteiger partial charge in [-0.3, -0.25) is 9.69 Å². The normalized spacial score (nSPS) is 19.2. The fourth-order valence-electron chi connectivity index (χ4n) is 3.87. The van der Waals surface area contributed by atoms with Crippen LogP contribution < -0.4 is 10.5 Å². The summed E-state index contributed by atoms with van der Waals surface area (Å²) in [6, 6.07) is 8.00. The molecule has 2 aliphatic rings. The van der Waals surface area contributed by atoms with Crippen molar-refractivity contribution in [3.05, 3.63) is 77.3 Å². The molecule has 1 saturated heterocycles. The van der Waals surface area contributed by atoms with Crippen molar-refractivity contribution in [2.24, 2.45) is 11.7 Å². The minimum atomic E-state index is -0.570. The molecule has 0 spiro atoms. The maximum Gasteiger partial charge on any atom is 0.250 e. The minimum absolute atomic E-state index is 0.102. The van der Waals surface area contributed by atoms with Crippen LogP contribution in [0.1, 0.15) is 35.2 Å². The number of aromatic nitrogens is 1. The average Bonchev–Trinajstić information content (AvgIpc) is 3.19. The zero-order chi connectivity index (χ0) is 20.2. The third-order valence-corrected chi connectivity index (χ3v) is 5.41. The molecule has 1 aromatic carbocycles. The molecule has 0 saturated carbocycles. The van der Waals surface area contributed by atoms with Crippen molar-refractivity contribution in [1.29, 1.82) is 0 Å². The van der Waals surface area contributed by atoms with Gasteiger partial charge in [-0.15, -0.1) is 0 Å². The molecule has 1 amide bonds. The highest BCUT2D eigenvalue weighted by atomic mass is 19.1. The highest BCUT2D eigenvalue weighted by molar-refractivity contribution is 5.92. The Bertz CT molecular complexity index is 953. The summed E-state index contributed by atoms with van der Waals surface area (Å²) in [5.41, 5.74) is 7.82. The van der Waals surface area contributed by atoms with E-state index in [-0.39, 0.29) is 17.2 Å². The zero-order valence-corrected chi connectivity index (χ0v) is 16.2. The third-order valence-electron chi connectivity index (χ3n) is 5.41. The van der Waals surface area contributed by atoms with Gasteiger partial charge in [-0.25, -0.2) is 9.37 Å². The van der Waals surface area contributed by atoms with E-state index >= 15 is 0 Å². The molecule has 6 heteroatoms. The van der Waals surface area contributed by atoms with Crippen molar-refractivity contribution in [2.45, 2.75) is 25.8 Å². The molecule has 29 heavy (non-hydrogen) atoms. The molecule has 2 aromatic rings. The number of rotatable bonds is 6. The molecule has 1 atom stereocenters. The van der Waals surface area contributed by atoms with E-state index in [2.05, 4.69) is 28.1 Å². The first-order valence-corrected chi connectivity index (χ1v) is 9.89. The lowest BCUT2D eigenvalue weighted by Crippen LogP contribution is -2.20. The standard InChI is InChI=1S/C23H24FN3O2/c24-20-12-16(14-27-11-10-19(15-27)17-4-2-1-3-5-17)6-8-21(20)29-22-9-7-18(13-26-22)23(25)28/h2,4-9,12-13,19H,1,3,10-11,14-15H2,(H2,25,28). The Kier molecular flexibility index (Phi) is 5.71. The first-order valence-electron chi connectivity index (χ1n) is 9.89. The topological polar surface area (TPSA) is 68.5 Å². The van der Waals surface area contributed by atoms with Crippen molar-refractivity contribution >= 4 is 5.91 Å². The molecule has 0 radical (unpaired) electrons. The first kappa shape index (κ1) is 19.3. The van der Waals surface area contributed by atoms with Crippen LogP contribution in [-0.2, 0) is 6.54 Å². The summed E-state index contributed by atoms with van der Waals surface area (Å²) >= 11 is 0. The van der Waals surface area contributed by atoms with Crippen LogP contribution in [0.4, 0.5) is 4.39 Å². The number of ether oxygens (including phenoxy) is 1. The summed E-state index contributed by atoms with van der Waals surface area (Å²) in [7, 11) is 0. The van der Waals surface area contributed by atoms with E-state index < -0.39 is 11.7 Å². The number of hydrogen-bond acceptors (Lipinski definition) is 4. The number of allylic oxidation sites excluding steroid dienone is 3. The van der Waals surface area contributed by atoms with Crippen molar-refractivity contribution in [2.75, 3.05) is 13.1 Å². The minimum Gasteiger partial charge on any atom is -0.436 e. The highest BCUT2D eigenvalue weighted by Crippen LogP contribution is 2.29. The van der Waals surface area contributed by atoms with E-state index in [1.54, 1.807) is 6.07 Å². The Morgan fingerprint density at radius 2 is 2.17 bits per heavy atom. The quantitative estimate of drug-likeness (QED) is 0.798. The van der Waals surface area contributed by atoms with Crippen molar-refractivity contribution < 1.29 is 13.9 Å². The van der Waals surface area contributed by atoms with E-state index in [1.165, 1.54) is 30.0 Å². The van der Waals surface area contributed by atoms with Gasteiger partial charge in [0.25, 0.3) is 0 Å². The molecule has 1 unspecified atom stereocenters. The first-order chi connectivity index (χ1) is 14.1. The van der Waals surface area contributed by atoms with Crippen LogP contribution in [0.15, 0.2) is 60.3 Å². The Morgan fingerprint density at radius 3 is 2.86 bits per heavy atom. The second-order valence-electron chi connectivity index (χ2n) is 7.52. The van der Waals surface area contributed by atoms with Crippen LogP contribution in [0.2, 0.25) is 0 Å². The van der Waals surface area contributed by atoms with Crippen molar-refractivity contribution in [1.82, 2.24) is 9.88 Å². The molecular weight excluding hydrogens is 369 g/mol. The zero-order valence-electron chi connectivity index (χ0n) is 16.2. The van der Waals surface area contributed by atoms with Crippen LogP contribution in [0.3, 0.4) is 0 Å². The van der Waals surface area contributed by atoms with Gasteiger partial charge >= 0.3 is 0 Å². The van der Waals surface area contributed by atoms with Gasteiger partial charge in [0.05, 0.1) is 5.56 Å². The van der Waals surface area contributed by atoms with Gasteiger partial charge in [0, 0.05) is 25.4 Å². The Labute approximate surface area is 169 Å². The van der Waals surface area contributed by atoms with Crippen LogP contribution in [0, 0.1) is 11.7 Å². The molecule has 5 nitrogen and oxygen atoms in total. The molecule has 1 aliphatic heterocycles. The molecule has 2 N–H and O–H groups in total. The van der Waals surface area contributed by atoms with Crippen LogP contribution in [0.25, 0.3) is 0 Å². The number of carbonyl (C=O) groups is 1. The number of nitrogens with zero attached hydrogens (tertiary/aromatic N) is 2. The second-order valence-corrected chi connectivity index (χ2v) is 7.52. The largest absolute Gasteiger partial charge is 0.436 e. The van der Waals surface area contributed by atoms with Crippen LogP contribution in [-0.4, -0.2) is 28.9 Å². The molecule has 0 bridgehead atoms. The SMILES string of the molecule is NC(=O)c1ccc(Oc2ccc(CN3CCC(C4=CCCC=C4)C3)cc2F)nc1. The predicted molar refractivity (Wildman–Crippen MR) is 109 cm³/mol. The predicted octanol–water partition coefficient (Wildman–Crippen LogP) is 4.21. The summed E-state index contributed by atoms with van der Waals surface area (Å²) in [5.74, 6) is -0.118. The van der Waals surface area contributed by atoms with Gasteiger partial charge in [-0.2, -0.15) is 0 Å². The number of hydrogen-bond donors (Lipinski definition) is 1. The third kappa shape index (κ3) is 4.71. The van der Waals surface area contributed by atoms with Crippen LogP contribution >= 0.6 is 0 Å². The lowest BCUT2D eigenvalue weighted by Gasteiger charge is -2.18. The monoisotopic (exact) mass is 393 g/mol. The molecule has 1 aliphatic carbocycles. The Morgan fingerprint density at radius 1 is 1.28 bits per heavy atom. The smallest absolute Gasteiger partial charge is 0.250 e. The summed E-state index contributed by atoms with van der Waals surface area (Å²) in [4.78, 5) is 17.4. The number of nitrogens with two attached hydrogens (primary N) is 1. The maximum atomic E-state index is 14.5. The molecule has 4 rings (SSSR count). The fourth-order valence-corrected chi connectivity index (χ4v) is 3.87. The van der Waals surface area contributed by atoms with E-state index in [4.69, 9.17) is 10.5 Å². The fraction of sp³-hybridized carbons (Fsp3) is 0.304. The molecule has 150 valence electrons. The number of halogens is 1. The van der Waals surface area contributed by atoms with Gasteiger partial charge in [0.1, 0.15) is 0 Å². The van der Waals surface area contributed by atoms with Gasteiger partial charge in [-0.1, -0.05) is 24.3 Å². The molecular formula is C23H24FN3O2. The summed E-state index contributed by atoms with van der Waals surface area (Å²) in [6.07, 6.45) is 11.6. The Hall–Kier alpha value is -2.99. The summed E-state index contributed by atoms with van der Waals surface area (Å²) < 4.78 is 20.0. The van der Waals surface area contributed by atoms with Gasteiger partial charge in [0.2, 0.25) is 11.8 Å². The average molecular weight is 393 g/mol. The number of primary amides is 1. The van der Waals surface area contributed by atoms with E-state index in [1.807, 2.05) is 6.07 Å². The van der Waals surface area contributed by atoms with E-state index in [9.17, 15) is 9.18 Å². The van der Waals surface area contributed by atoms with E-state index in [0.29, 0.717) is 5.92 Å². The molecule has 1 aromatic heterocycles. The number of carbonyl (C=O) groups excluding carboxylic acids is 1.